The predicted octanol–water partition coefficient (Wildman–Crippen LogP) is 2.45. The standard InChI is InChI=1S/C14H18N4OS/c1-9(5-6-11-4-3-7-19-11)16-14-17-10(2)8-12(18-14)13(15)20/h3-4,7-9H,5-6H2,1-2H3,(H2,15,20)(H,16,17,18). The molecule has 2 rings (SSSR count). The number of aryl methyl sites for hydroxylation is 2. The molecule has 0 aliphatic heterocycles. The van der Waals surface area contributed by atoms with Crippen LogP contribution in [0.25, 0.3) is 0 Å². The molecule has 20 heavy (non-hydrogen) atoms. The maximum absolute atomic E-state index is 5.61. The van der Waals surface area contributed by atoms with E-state index in [0.717, 1.165) is 24.3 Å². The number of nitrogens with zero attached hydrogens (tertiary/aromatic N) is 2. The number of thiocarbonyl (C=S) groups is 1. The summed E-state index contributed by atoms with van der Waals surface area (Å²) in [4.78, 5) is 8.93. The van der Waals surface area contributed by atoms with Crippen molar-refractivity contribution < 1.29 is 4.42 Å². The number of furan rings is 1. The Labute approximate surface area is 123 Å². The largest absolute Gasteiger partial charge is 0.469 e. The number of aromatic nitrogens is 2. The summed E-state index contributed by atoms with van der Waals surface area (Å²) in [5.74, 6) is 1.53. The van der Waals surface area contributed by atoms with E-state index in [0.29, 0.717) is 11.6 Å². The molecule has 0 amide bonds. The fourth-order valence-corrected chi connectivity index (χ4v) is 1.97. The third kappa shape index (κ3) is 4.03. The number of hydrogen-bond acceptors (Lipinski definition) is 5. The van der Waals surface area contributed by atoms with Crippen LogP contribution >= 0.6 is 12.2 Å². The van der Waals surface area contributed by atoms with E-state index in [2.05, 4.69) is 22.2 Å². The van der Waals surface area contributed by atoms with Gasteiger partial charge in [0.05, 0.1) is 6.26 Å². The van der Waals surface area contributed by atoms with Crippen LogP contribution < -0.4 is 11.1 Å². The van der Waals surface area contributed by atoms with Gasteiger partial charge in [-0.2, -0.15) is 0 Å². The molecule has 0 aromatic carbocycles. The van der Waals surface area contributed by atoms with Crippen molar-refractivity contribution in [2.24, 2.45) is 5.73 Å². The van der Waals surface area contributed by atoms with Crippen molar-refractivity contribution in [3.63, 3.8) is 0 Å². The van der Waals surface area contributed by atoms with Crippen molar-refractivity contribution in [1.82, 2.24) is 9.97 Å². The van der Waals surface area contributed by atoms with E-state index >= 15 is 0 Å². The molecular weight excluding hydrogens is 272 g/mol. The molecule has 6 heteroatoms. The van der Waals surface area contributed by atoms with E-state index in [1.165, 1.54) is 0 Å². The second-order valence-electron chi connectivity index (χ2n) is 4.75. The Morgan fingerprint density at radius 2 is 2.30 bits per heavy atom. The van der Waals surface area contributed by atoms with Crippen LogP contribution in [0.4, 0.5) is 5.95 Å². The summed E-state index contributed by atoms with van der Waals surface area (Å²) >= 11 is 4.95. The van der Waals surface area contributed by atoms with Gasteiger partial charge in [0.15, 0.2) is 0 Å². The molecule has 2 heterocycles. The normalized spacial score (nSPS) is 12.1. The lowest BCUT2D eigenvalue weighted by Crippen LogP contribution is -2.20. The number of rotatable bonds is 6. The second kappa shape index (κ2) is 6.47. The molecule has 5 nitrogen and oxygen atoms in total. The van der Waals surface area contributed by atoms with Crippen LogP contribution in [0.5, 0.6) is 0 Å². The average molecular weight is 290 g/mol. The van der Waals surface area contributed by atoms with Crippen molar-refractivity contribution in [2.75, 3.05) is 5.32 Å². The highest BCUT2D eigenvalue weighted by Gasteiger charge is 2.08. The highest BCUT2D eigenvalue weighted by molar-refractivity contribution is 7.80. The first-order valence-electron chi connectivity index (χ1n) is 6.49. The number of hydrogen-bond donors (Lipinski definition) is 2. The molecule has 2 aromatic rings. The molecule has 0 saturated heterocycles. The first-order chi connectivity index (χ1) is 9.54. The van der Waals surface area contributed by atoms with E-state index in [1.54, 1.807) is 12.3 Å². The topological polar surface area (TPSA) is 77.0 Å². The zero-order valence-corrected chi connectivity index (χ0v) is 12.4. The second-order valence-corrected chi connectivity index (χ2v) is 5.19. The van der Waals surface area contributed by atoms with Crippen molar-refractivity contribution in [1.29, 1.82) is 0 Å². The molecule has 0 aliphatic carbocycles. The average Bonchev–Trinajstić information content (AvgIpc) is 2.88. The molecule has 1 atom stereocenters. The van der Waals surface area contributed by atoms with Crippen LogP contribution in [-0.4, -0.2) is 21.0 Å². The van der Waals surface area contributed by atoms with Gasteiger partial charge in [-0.1, -0.05) is 12.2 Å². The minimum Gasteiger partial charge on any atom is -0.469 e. The minimum absolute atomic E-state index is 0.223. The van der Waals surface area contributed by atoms with E-state index in [9.17, 15) is 0 Å². The Bertz CT molecular complexity index is 583. The van der Waals surface area contributed by atoms with Gasteiger partial charge < -0.3 is 15.5 Å². The van der Waals surface area contributed by atoms with Crippen LogP contribution in [0.3, 0.4) is 0 Å². The highest BCUT2D eigenvalue weighted by atomic mass is 32.1. The first kappa shape index (κ1) is 14.5. The molecule has 106 valence electrons. The Morgan fingerprint density at radius 1 is 1.50 bits per heavy atom. The number of anilines is 1. The maximum atomic E-state index is 5.61. The lowest BCUT2D eigenvalue weighted by molar-refractivity contribution is 0.494. The summed E-state index contributed by atoms with van der Waals surface area (Å²) in [5.41, 5.74) is 7.03. The minimum atomic E-state index is 0.223. The SMILES string of the molecule is Cc1cc(C(N)=S)nc(NC(C)CCc2ccco2)n1. The molecule has 2 aromatic heterocycles. The van der Waals surface area contributed by atoms with E-state index < -0.39 is 0 Å². The van der Waals surface area contributed by atoms with Crippen LogP contribution in [0.1, 0.15) is 30.5 Å². The van der Waals surface area contributed by atoms with Crippen molar-refractivity contribution >= 4 is 23.2 Å². The molecule has 0 saturated carbocycles. The molecule has 3 N–H and O–H groups in total. The third-order valence-corrected chi connectivity index (χ3v) is 3.10. The summed E-state index contributed by atoms with van der Waals surface area (Å²) in [6.45, 7) is 3.97. The van der Waals surface area contributed by atoms with Gasteiger partial charge in [-0.25, -0.2) is 9.97 Å². The summed E-state index contributed by atoms with van der Waals surface area (Å²) in [6, 6.07) is 5.87. The van der Waals surface area contributed by atoms with Crippen LogP contribution in [0.15, 0.2) is 28.9 Å². The predicted molar refractivity (Wildman–Crippen MR) is 82.8 cm³/mol. The zero-order chi connectivity index (χ0) is 14.5. The molecular formula is C14H18N4OS. The number of nitrogens with one attached hydrogen (secondary N) is 1. The summed E-state index contributed by atoms with van der Waals surface area (Å²) in [6.07, 6.45) is 3.48. The Hall–Kier alpha value is -1.95. The lowest BCUT2D eigenvalue weighted by atomic mass is 10.1. The summed E-state index contributed by atoms with van der Waals surface area (Å²) in [7, 11) is 0. The Kier molecular flexibility index (Phi) is 4.68. The maximum Gasteiger partial charge on any atom is 0.223 e. The molecule has 0 spiro atoms. The summed E-state index contributed by atoms with van der Waals surface area (Å²) < 4.78 is 5.31. The van der Waals surface area contributed by atoms with Gasteiger partial charge in [0, 0.05) is 18.2 Å². The van der Waals surface area contributed by atoms with Crippen LogP contribution in [0, 0.1) is 6.92 Å². The Balaban J connectivity index is 1.96. The molecule has 0 radical (unpaired) electrons. The molecule has 0 aliphatic rings. The molecule has 0 fully saturated rings. The number of nitrogens with two attached hydrogens (primary N) is 1. The monoisotopic (exact) mass is 290 g/mol. The van der Waals surface area contributed by atoms with Gasteiger partial charge in [-0.05, 0) is 38.5 Å². The third-order valence-electron chi connectivity index (χ3n) is 2.89. The van der Waals surface area contributed by atoms with Gasteiger partial charge in [0.2, 0.25) is 5.95 Å². The van der Waals surface area contributed by atoms with E-state index in [1.807, 2.05) is 19.1 Å². The van der Waals surface area contributed by atoms with Gasteiger partial charge in [0.25, 0.3) is 0 Å². The zero-order valence-electron chi connectivity index (χ0n) is 11.6. The lowest BCUT2D eigenvalue weighted by Gasteiger charge is -2.14. The molecule has 0 bridgehead atoms. The van der Waals surface area contributed by atoms with Crippen LogP contribution in [-0.2, 0) is 6.42 Å². The Morgan fingerprint density at radius 3 is 2.95 bits per heavy atom. The molecule has 1 unspecified atom stereocenters. The van der Waals surface area contributed by atoms with Crippen LogP contribution in [0.2, 0.25) is 0 Å². The van der Waals surface area contributed by atoms with E-state index in [-0.39, 0.29) is 11.0 Å². The van der Waals surface area contributed by atoms with Crippen molar-refractivity contribution in [3.8, 4) is 0 Å². The highest BCUT2D eigenvalue weighted by Crippen LogP contribution is 2.10. The summed E-state index contributed by atoms with van der Waals surface area (Å²) in [5, 5.41) is 3.26. The fraction of sp³-hybridized carbons (Fsp3) is 0.357. The van der Waals surface area contributed by atoms with Crippen molar-refractivity contribution in [2.45, 2.75) is 32.7 Å². The first-order valence-corrected chi connectivity index (χ1v) is 6.90. The quantitative estimate of drug-likeness (QED) is 0.796. The van der Waals surface area contributed by atoms with E-state index in [4.69, 9.17) is 22.4 Å². The smallest absolute Gasteiger partial charge is 0.223 e. The van der Waals surface area contributed by atoms with Gasteiger partial charge in [-0.3, -0.25) is 0 Å². The van der Waals surface area contributed by atoms with Gasteiger partial charge in [-0.15, -0.1) is 0 Å². The van der Waals surface area contributed by atoms with Gasteiger partial charge in [0.1, 0.15) is 16.4 Å². The van der Waals surface area contributed by atoms with Crippen molar-refractivity contribution in [3.05, 3.63) is 41.6 Å². The fourth-order valence-electron chi connectivity index (χ4n) is 1.87. The van der Waals surface area contributed by atoms with Gasteiger partial charge >= 0.3 is 0 Å².